The predicted octanol–water partition coefficient (Wildman–Crippen LogP) is 0.596. The van der Waals surface area contributed by atoms with Crippen molar-refractivity contribution in [1.82, 2.24) is 15.5 Å². The van der Waals surface area contributed by atoms with Gasteiger partial charge < -0.3 is 10.4 Å². The first-order valence-corrected chi connectivity index (χ1v) is 5.76. The SMILES string of the molecule is Cc1cc(C(=O)NCC2(CO)CC2)c(C)nn1. The van der Waals surface area contributed by atoms with E-state index in [0.717, 1.165) is 18.5 Å². The molecule has 1 amide bonds. The Bertz CT molecular complexity index is 441. The number of hydrogen-bond acceptors (Lipinski definition) is 4. The standard InChI is InChI=1S/C12H17N3O2/c1-8-5-10(9(2)15-14-8)11(17)13-6-12(7-16)3-4-12/h5,16H,3-4,6-7H2,1-2H3,(H,13,17). The molecule has 92 valence electrons. The smallest absolute Gasteiger partial charge is 0.253 e. The molecule has 5 heteroatoms. The lowest BCUT2D eigenvalue weighted by Gasteiger charge is -2.13. The number of carbonyl (C=O) groups is 1. The molecule has 1 aliphatic rings. The molecule has 2 N–H and O–H groups in total. The van der Waals surface area contributed by atoms with Gasteiger partial charge in [0.2, 0.25) is 0 Å². The van der Waals surface area contributed by atoms with E-state index in [0.29, 0.717) is 17.8 Å². The molecule has 0 spiro atoms. The van der Waals surface area contributed by atoms with Crippen molar-refractivity contribution < 1.29 is 9.90 Å². The monoisotopic (exact) mass is 235 g/mol. The van der Waals surface area contributed by atoms with Crippen LogP contribution in [0.2, 0.25) is 0 Å². The minimum Gasteiger partial charge on any atom is -0.396 e. The Morgan fingerprint density at radius 1 is 1.47 bits per heavy atom. The average Bonchev–Trinajstić information content (AvgIpc) is 3.10. The number of aryl methyl sites for hydroxylation is 2. The molecule has 0 atom stereocenters. The minimum atomic E-state index is -0.139. The third-order valence-corrected chi connectivity index (χ3v) is 3.26. The summed E-state index contributed by atoms with van der Waals surface area (Å²) in [5.74, 6) is -0.139. The highest BCUT2D eigenvalue weighted by Crippen LogP contribution is 2.44. The third kappa shape index (κ3) is 2.61. The predicted molar refractivity (Wildman–Crippen MR) is 62.6 cm³/mol. The van der Waals surface area contributed by atoms with E-state index in [-0.39, 0.29) is 17.9 Å². The van der Waals surface area contributed by atoms with E-state index in [1.807, 2.05) is 0 Å². The van der Waals surface area contributed by atoms with Crippen molar-refractivity contribution in [2.24, 2.45) is 5.41 Å². The minimum absolute atomic E-state index is 0.0704. The summed E-state index contributed by atoms with van der Waals surface area (Å²) in [5, 5.41) is 19.8. The largest absolute Gasteiger partial charge is 0.396 e. The average molecular weight is 235 g/mol. The highest BCUT2D eigenvalue weighted by atomic mass is 16.3. The summed E-state index contributed by atoms with van der Waals surface area (Å²) in [6.07, 6.45) is 1.97. The van der Waals surface area contributed by atoms with Crippen LogP contribution in [0, 0.1) is 19.3 Å². The molecule has 0 radical (unpaired) electrons. The molecule has 1 saturated carbocycles. The Labute approximate surface area is 100 Å². The summed E-state index contributed by atoms with van der Waals surface area (Å²) in [5.41, 5.74) is 1.84. The van der Waals surface area contributed by atoms with Gasteiger partial charge in [0.1, 0.15) is 0 Å². The highest BCUT2D eigenvalue weighted by molar-refractivity contribution is 5.95. The van der Waals surface area contributed by atoms with Crippen molar-refractivity contribution in [3.63, 3.8) is 0 Å². The van der Waals surface area contributed by atoms with E-state index in [9.17, 15) is 4.79 Å². The van der Waals surface area contributed by atoms with Crippen molar-refractivity contribution in [2.45, 2.75) is 26.7 Å². The Balaban J connectivity index is 2.02. The van der Waals surface area contributed by atoms with E-state index in [4.69, 9.17) is 5.11 Å². The molecule has 0 aromatic carbocycles. The Morgan fingerprint density at radius 3 is 2.76 bits per heavy atom. The molecular weight excluding hydrogens is 218 g/mol. The van der Waals surface area contributed by atoms with Crippen LogP contribution in [-0.4, -0.2) is 34.4 Å². The number of carbonyl (C=O) groups excluding carboxylic acids is 1. The summed E-state index contributed by atoms with van der Waals surface area (Å²) >= 11 is 0. The summed E-state index contributed by atoms with van der Waals surface area (Å²) in [6, 6.07) is 1.73. The first-order chi connectivity index (χ1) is 8.06. The molecule has 0 aliphatic heterocycles. The quantitative estimate of drug-likeness (QED) is 0.801. The number of rotatable bonds is 4. The summed E-state index contributed by atoms with van der Waals surface area (Å²) < 4.78 is 0. The Hall–Kier alpha value is -1.49. The van der Waals surface area contributed by atoms with Gasteiger partial charge in [-0.1, -0.05) is 0 Å². The zero-order valence-electron chi connectivity index (χ0n) is 10.2. The summed E-state index contributed by atoms with van der Waals surface area (Å²) in [4.78, 5) is 11.9. The van der Waals surface area contributed by atoms with Gasteiger partial charge in [-0.3, -0.25) is 4.79 Å². The van der Waals surface area contributed by atoms with Crippen LogP contribution in [0.15, 0.2) is 6.07 Å². The van der Waals surface area contributed by atoms with E-state index >= 15 is 0 Å². The molecular formula is C12H17N3O2. The van der Waals surface area contributed by atoms with E-state index in [2.05, 4.69) is 15.5 Å². The maximum Gasteiger partial charge on any atom is 0.253 e. The lowest BCUT2D eigenvalue weighted by atomic mass is 10.1. The number of aliphatic hydroxyl groups is 1. The van der Waals surface area contributed by atoms with Crippen LogP contribution >= 0.6 is 0 Å². The van der Waals surface area contributed by atoms with Gasteiger partial charge in [0.05, 0.1) is 23.6 Å². The van der Waals surface area contributed by atoms with Crippen LogP contribution in [-0.2, 0) is 0 Å². The number of aliphatic hydroxyl groups excluding tert-OH is 1. The van der Waals surface area contributed by atoms with Crippen molar-refractivity contribution in [3.8, 4) is 0 Å². The molecule has 1 aromatic rings. The van der Waals surface area contributed by atoms with Gasteiger partial charge in [-0.05, 0) is 32.8 Å². The molecule has 1 aromatic heterocycles. The van der Waals surface area contributed by atoms with Crippen LogP contribution in [0.25, 0.3) is 0 Å². The zero-order valence-corrected chi connectivity index (χ0v) is 10.2. The van der Waals surface area contributed by atoms with Gasteiger partial charge in [0.25, 0.3) is 5.91 Å². The van der Waals surface area contributed by atoms with Gasteiger partial charge in [-0.25, -0.2) is 0 Å². The Kier molecular flexibility index (Phi) is 3.11. The lowest BCUT2D eigenvalue weighted by molar-refractivity contribution is 0.0934. The van der Waals surface area contributed by atoms with Crippen LogP contribution in [0.5, 0.6) is 0 Å². The van der Waals surface area contributed by atoms with Crippen molar-refractivity contribution >= 4 is 5.91 Å². The molecule has 1 heterocycles. The zero-order chi connectivity index (χ0) is 12.5. The van der Waals surface area contributed by atoms with Gasteiger partial charge in [-0.15, -0.1) is 0 Å². The second-order valence-electron chi connectivity index (χ2n) is 4.83. The summed E-state index contributed by atoms with van der Waals surface area (Å²) in [6.45, 7) is 4.24. The number of amides is 1. The van der Waals surface area contributed by atoms with Crippen molar-refractivity contribution in [1.29, 1.82) is 0 Å². The number of nitrogens with one attached hydrogen (secondary N) is 1. The fourth-order valence-electron chi connectivity index (χ4n) is 1.71. The molecule has 1 fully saturated rings. The lowest BCUT2D eigenvalue weighted by Crippen LogP contribution is -2.32. The molecule has 5 nitrogen and oxygen atoms in total. The second-order valence-corrected chi connectivity index (χ2v) is 4.83. The van der Waals surface area contributed by atoms with Crippen molar-refractivity contribution in [3.05, 3.63) is 23.0 Å². The fraction of sp³-hybridized carbons (Fsp3) is 0.583. The molecule has 1 aliphatic carbocycles. The molecule has 0 bridgehead atoms. The number of nitrogens with zero attached hydrogens (tertiary/aromatic N) is 2. The molecule has 17 heavy (non-hydrogen) atoms. The van der Waals surface area contributed by atoms with Crippen molar-refractivity contribution in [2.75, 3.05) is 13.2 Å². The van der Waals surface area contributed by atoms with Crippen LogP contribution < -0.4 is 5.32 Å². The fourth-order valence-corrected chi connectivity index (χ4v) is 1.71. The third-order valence-electron chi connectivity index (χ3n) is 3.26. The number of hydrogen-bond donors (Lipinski definition) is 2. The number of aromatic nitrogens is 2. The normalized spacial score (nSPS) is 16.6. The first kappa shape index (κ1) is 12.0. The van der Waals surface area contributed by atoms with E-state index in [1.165, 1.54) is 0 Å². The Morgan fingerprint density at radius 2 is 2.18 bits per heavy atom. The molecule has 0 unspecified atom stereocenters. The van der Waals surface area contributed by atoms with Crippen LogP contribution in [0.1, 0.15) is 34.6 Å². The van der Waals surface area contributed by atoms with Gasteiger partial charge in [-0.2, -0.15) is 10.2 Å². The second kappa shape index (κ2) is 4.41. The molecule has 2 rings (SSSR count). The van der Waals surface area contributed by atoms with Crippen LogP contribution in [0.3, 0.4) is 0 Å². The van der Waals surface area contributed by atoms with Gasteiger partial charge in [0, 0.05) is 12.0 Å². The summed E-state index contributed by atoms with van der Waals surface area (Å²) in [7, 11) is 0. The van der Waals surface area contributed by atoms with Gasteiger partial charge in [0.15, 0.2) is 0 Å². The van der Waals surface area contributed by atoms with E-state index in [1.54, 1.807) is 19.9 Å². The maximum atomic E-state index is 11.9. The van der Waals surface area contributed by atoms with Gasteiger partial charge >= 0.3 is 0 Å². The maximum absolute atomic E-state index is 11.9. The van der Waals surface area contributed by atoms with E-state index < -0.39 is 0 Å². The topological polar surface area (TPSA) is 75.1 Å². The van der Waals surface area contributed by atoms with Crippen LogP contribution in [0.4, 0.5) is 0 Å². The first-order valence-electron chi connectivity index (χ1n) is 5.76. The molecule has 0 saturated heterocycles. The highest BCUT2D eigenvalue weighted by Gasteiger charge is 2.42.